The highest BCUT2D eigenvalue weighted by Gasteiger charge is 2.24. The molecule has 2 aromatic rings. The lowest BCUT2D eigenvalue weighted by molar-refractivity contribution is 0.274. The molecule has 22 heavy (non-hydrogen) atoms. The van der Waals surface area contributed by atoms with E-state index < -0.39 is 0 Å². The molecule has 0 saturated carbocycles. The zero-order valence-electron chi connectivity index (χ0n) is 12.4. The third-order valence-electron chi connectivity index (χ3n) is 3.79. The average Bonchev–Trinajstić information content (AvgIpc) is 3.07. The van der Waals surface area contributed by atoms with Crippen LogP contribution in [0.25, 0.3) is 0 Å². The van der Waals surface area contributed by atoms with Crippen molar-refractivity contribution in [2.75, 3.05) is 13.7 Å². The van der Waals surface area contributed by atoms with Crippen LogP contribution < -0.4 is 4.74 Å². The van der Waals surface area contributed by atoms with Gasteiger partial charge in [0.2, 0.25) is 0 Å². The Balaban J connectivity index is 1.83. The maximum absolute atomic E-state index is 9.53. The van der Waals surface area contributed by atoms with Gasteiger partial charge in [-0.05, 0) is 23.3 Å². The van der Waals surface area contributed by atoms with Crippen LogP contribution in [0.5, 0.6) is 5.75 Å². The smallest absolute Gasteiger partial charge is 0.158 e. The Labute approximate surface area is 130 Å². The number of nitrogens with zero attached hydrogens (tertiary/aromatic N) is 3. The molecule has 0 spiro atoms. The zero-order valence-corrected chi connectivity index (χ0v) is 12.4. The van der Waals surface area contributed by atoms with Gasteiger partial charge in [0.15, 0.2) is 6.04 Å². The van der Waals surface area contributed by atoms with Crippen LogP contribution >= 0.6 is 0 Å². The van der Waals surface area contributed by atoms with Crippen LogP contribution in [0.1, 0.15) is 23.6 Å². The number of hydrogen-bond acceptors (Lipinski definition) is 4. The summed E-state index contributed by atoms with van der Waals surface area (Å²) in [7, 11) is 1.63. The van der Waals surface area contributed by atoms with Crippen LogP contribution in [0, 0.1) is 11.3 Å². The number of nitriles is 1. The number of methoxy groups -OCH3 is 1. The first kappa shape index (κ1) is 14.2. The Morgan fingerprint density at radius 2 is 1.86 bits per heavy atom. The molecule has 1 unspecified atom stereocenters. The van der Waals surface area contributed by atoms with Crippen molar-refractivity contribution in [2.45, 2.75) is 12.5 Å². The molecular weight excluding hydrogens is 274 g/mol. The molecule has 0 aromatic heterocycles. The Hall–Kier alpha value is -2.80. The van der Waals surface area contributed by atoms with E-state index in [9.17, 15) is 5.26 Å². The quantitative estimate of drug-likeness (QED) is 0.867. The molecule has 3 rings (SSSR count). The summed E-state index contributed by atoms with van der Waals surface area (Å²) in [6, 6.07) is 19.7. The Kier molecular flexibility index (Phi) is 4.06. The summed E-state index contributed by atoms with van der Waals surface area (Å²) in [6.45, 7) is 0.758. The van der Waals surface area contributed by atoms with Crippen molar-refractivity contribution in [3.8, 4) is 11.8 Å². The van der Waals surface area contributed by atoms with Gasteiger partial charge in [0.05, 0.1) is 18.9 Å². The van der Waals surface area contributed by atoms with Crippen molar-refractivity contribution in [1.29, 1.82) is 5.26 Å². The molecule has 0 bridgehead atoms. The SMILES string of the molecule is COc1ccc(C(C#N)N2CCC(c3ccccc3)=N2)cc1. The minimum Gasteiger partial charge on any atom is -0.497 e. The van der Waals surface area contributed by atoms with Gasteiger partial charge in [0, 0.05) is 13.0 Å². The summed E-state index contributed by atoms with van der Waals surface area (Å²) < 4.78 is 5.16. The van der Waals surface area contributed by atoms with E-state index in [1.165, 1.54) is 0 Å². The standard InChI is InChI=1S/C18H17N3O/c1-22-16-9-7-15(8-10-16)18(13-19)21-12-11-17(20-21)14-5-3-2-4-6-14/h2-10,18H,11-12H2,1H3. The molecular formula is C18H17N3O. The van der Waals surface area contributed by atoms with E-state index in [4.69, 9.17) is 4.74 Å². The first-order valence-corrected chi connectivity index (χ1v) is 7.25. The van der Waals surface area contributed by atoms with Crippen molar-refractivity contribution in [1.82, 2.24) is 5.01 Å². The van der Waals surface area contributed by atoms with Gasteiger partial charge in [-0.2, -0.15) is 10.4 Å². The van der Waals surface area contributed by atoms with Crippen molar-refractivity contribution in [3.05, 3.63) is 65.7 Å². The van der Waals surface area contributed by atoms with Crippen molar-refractivity contribution in [3.63, 3.8) is 0 Å². The third kappa shape index (κ3) is 2.79. The third-order valence-corrected chi connectivity index (χ3v) is 3.79. The van der Waals surface area contributed by atoms with Gasteiger partial charge in [0.25, 0.3) is 0 Å². The Morgan fingerprint density at radius 1 is 1.14 bits per heavy atom. The van der Waals surface area contributed by atoms with E-state index in [2.05, 4.69) is 23.3 Å². The van der Waals surface area contributed by atoms with Crippen LogP contribution in [0.15, 0.2) is 59.7 Å². The molecule has 4 heteroatoms. The zero-order chi connectivity index (χ0) is 15.4. The number of ether oxygens (including phenoxy) is 1. The van der Waals surface area contributed by atoms with Gasteiger partial charge in [-0.3, -0.25) is 5.01 Å². The fourth-order valence-electron chi connectivity index (χ4n) is 2.59. The molecule has 1 atom stereocenters. The topological polar surface area (TPSA) is 48.6 Å². The maximum Gasteiger partial charge on any atom is 0.158 e. The minimum absolute atomic E-state index is 0.368. The van der Waals surface area contributed by atoms with E-state index in [-0.39, 0.29) is 6.04 Å². The summed E-state index contributed by atoms with van der Waals surface area (Å²) in [5.41, 5.74) is 3.09. The van der Waals surface area contributed by atoms with Crippen LogP contribution in [0.2, 0.25) is 0 Å². The van der Waals surface area contributed by atoms with Crippen LogP contribution in [0.3, 0.4) is 0 Å². The molecule has 110 valence electrons. The van der Waals surface area contributed by atoms with Crippen LogP contribution in [0.4, 0.5) is 0 Å². The molecule has 1 heterocycles. The maximum atomic E-state index is 9.53. The molecule has 0 saturated heterocycles. The van der Waals surface area contributed by atoms with E-state index in [1.54, 1.807) is 7.11 Å². The summed E-state index contributed by atoms with van der Waals surface area (Å²) in [6.07, 6.45) is 0.859. The molecule has 0 aliphatic carbocycles. The molecule has 0 N–H and O–H groups in total. The highest BCUT2D eigenvalue weighted by Crippen LogP contribution is 2.26. The largest absolute Gasteiger partial charge is 0.497 e. The number of rotatable bonds is 4. The van der Waals surface area contributed by atoms with E-state index in [0.29, 0.717) is 0 Å². The Morgan fingerprint density at radius 3 is 2.50 bits per heavy atom. The predicted octanol–water partition coefficient (Wildman–Crippen LogP) is 3.37. The molecule has 0 radical (unpaired) electrons. The lowest BCUT2D eigenvalue weighted by atomic mass is 10.1. The first-order chi connectivity index (χ1) is 10.8. The molecule has 2 aromatic carbocycles. The number of benzene rings is 2. The molecule has 0 amide bonds. The normalized spacial score (nSPS) is 15.1. The second kappa shape index (κ2) is 6.31. The average molecular weight is 291 g/mol. The van der Waals surface area contributed by atoms with Crippen LogP contribution in [-0.4, -0.2) is 24.4 Å². The monoisotopic (exact) mass is 291 g/mol. The fraction of sp³-hybridized carbons (Fsp3) is 0.222. The van der Waals surface area contributed by atoms with Gasteiger partial charge < -0.3 is 4.74 Å². The van der Waals surface area contributed by atoms with Gasteiger partial charge in [-0.25, -0.2) is 0 Å². The minimum atomic E-state index is -0.368. The fourth-order valence-corrected chi connectivity index (χ4v) is 2.59. The molecule has 1 aliphatic rings. The molecule has 1 aliphatic heterocycles. The molecule has 4 nitrogen and oxygen atoms in total. The van der Waals surface area contributed by atoms with E-state index in [1.807, 2.05) is 47.5 Å². The Bertz CT molecular complexity index is 701. The summed E-state index contributed by atoms with van der Waals surface area (Å²) in [4.78, 5) is 0. The number of hydrogen-bond donors (Lipinski definition) is 0. The van der Waals surface area contributed by atoms with Gasteiger partial charge in [-0.1, -0.05) is 42.5 Å². The highest BCUT2D eigenvalue weighted by atomic mass is 16.5. The van der Waals surface area contributed by atoms with E-state index in [0.717, 1.165) is 35.6 Å². The lowest BCUT2D eigenvalue weighted by Crippen LogP contribution is -2.20. The lowest BCUT2D eigenvalue weighted by Gasteiger charge is -2.20. The second-order valence-corrected chi connectivity index (χ2v) is 5.13. The van der Waals surface area contributed by atoms with Gasteiger partial charge >= 0.3 is 0 Å². The van der Waals surface area contributed by atoms with E-state index >= 15 is 0 Å². The predicted molar refractivity (Wildman–Crippen MR) is 85.7 cm³/mol. The molecule has 0 fully saturated rings. The van der Waals surface area contributed by atoms with Crippen molar-refractivity contribution >= 4 is 5.71 Å². The number of hydrazone groups is 1. The highest BCUT2D eigenvalue weighted by molar-refractivity contribution is 6.01. The van der Waals surface area contributed by atoms with Crippen molar-refractivity contribution in [2.24, 2.45) is 5.10 Å². The van der Waals surface area contributed by atoms with Crippen LogP contribution in [-0.2, 0) is 0 Å². The summed E-state index contributed by atoms with van der Waals surface area (Å²) in [5, 5.41) is 16.0. The summed E-state index contributed by atoms with van der Waals surface area (Å²) in [5.74, 6) is 0.787. The first-order valence-electron chi connectivity index (χ1n) is 7.25. The second-order valence-electron chi connectivity index (χ2n) is 5.13. The summed E-state index contributed by atoms with van der Waals surface area (Å²) >= 11 is 0. The van der Waals surface area contributed by atoms with Crippen molar-refractivity contribution < 1.29 is 4.74 Å². The van der Waals surface area contributed by atoms with Gasteiger partial charge in [0.1, 0.15) is 5.75 Å². The van der Waals surface area contributed by atoms with Gasteiger partial charge in [-0.15, -0.1) is 0 Å².